The summed E-state index contributed by atoms with van der Waals surface area (Å²) < 4.78 is 2.25. The van der Waals surface area contributed by atoms with Gasteiger partial charge in [0, 0.05) is 17.1 Å². The lowest BCUT2D eigenvalue weighted by molar-refractivity contribution is 0.400. The standard InChI is InChI=1S/C16H26ClN3S/c1-5-16(19-12(2)3)21-20(4)15(10-11-18)13-6-8-14(17)9-7-13/h5-9,12,15,19H,10-11,18H2,1-4H3/b16-5+. The molecule has 0 bridgehead atoms. The highest BCUT2D eigenvalue weighted by atomic mass is 35.5. The number of halogens is 1. The Labute approximate surface area is 138 Å². The Morgan fingerprint density at radius 2 is 2.00 bits per heavy atom. The van der Waals surface area contributed by atoms with Crippen LogP contribution in [0.4, 0.5) is 0 Å². The van der Waals surface area contributed by atoms with E-state index in [1.807, 2.05) is 19.1 Å². The van der Waals surface area contributed by atoms with Crippen molar-refractivity contribution < 1.29 is 0 Å². The molecule has 0 heterocycles. The van der Waals surface area contributed by atoms with E-state index in [0.29, 0.717) is 12.6 Å². The highest BCUT2D eigenvalue weighted by molar-refractivity contribution is 8.00. The molecule has 1 atom stereocenters. The fraction of sp³-hybridized carbons (Fsp3) is 0.500. The van der Waals surface area contributed by atoms with Crippen LogP contribution in [0.25, 0.3) is 0 Å². The third-order valence-electron chi connectivity index (χ3n) is 3.07. The first kappa shape index (κ1) is 18.4. The average molecular weight is 328 g/mol. The molecular formula is C16H26ClN3S. The summed E-state index contributed by atoms with van der Waals surface area (Å²) in [6.07, 6.45) is 3.01. The average Bonchev–Trinajstić information content (AvgIpc) is 2.44. The first-order valence-corrected chi connectivity index (χ1v) is 8.42. The summed E-state index contributed by atoms with van der Waals surface area (Å²) in [5.74, 6) is 0. The van der Waals surface area contributed by atoms with Crippen LogP contribution in [-0.4, -0.2) is 23.9 Å². The van der Waals surface area contributed by atoms with Crippen LogP contribution in [0.1, 0.15) is 38.8 Å². The molecule has 0 aliphatic carbocycles. The van der Waals surface area contributed by atoms with E-state index in [9.17, 15) is 0 Å². The first-order valence-electron chi connectivity index (χ1n) is 7.27. The van der Waals surface area contributed by atoms with Crippen LogP contribution in [0.15, 0.2) is 35.4 Å². The van der Waals surface area contributed by atoms with Gasteiger partial charge >= 0.3 is 0 Å². The minimum absolute atomic E-state index is 0.265. The van der Waals surface area contributed by atoms with Crippen molar-refractivity contribution in [2.45, 2.75) is 39.3 Å². The van der Waals surface area contributed by atoms with E-state index in [2.05, 4.69) is 48.7 Å². The van der Waals surface area contributed by atoms with E-state index in [0.717, 1.165) is 16.5 Å². The fourth-order valence-electron chi connectivity index (χ4n) is 2.07. The zero-order valence-electron chi connectivity index (χ0n) is 13.3. The molecule has 0 saturated carbocycles. The molecule has 1 unspecified atom stereocenters. The first-order chi connectivity index (χ1) is 9.97. The van der Waals surface area contributed by atoms with Gasteiger partial charge < -0.3 is 11.1 Å². The van der Waals surface area contributed by atoms with Crippen molar-refractivity contribution in [1.29, 1.82) is 0 Å². The third kappa shape index (κ3) is 6.30. The van der Waals surface area contributed by atoms with Gasteiger partial charge in [-0.3, -0.25) is 0 Å². The van der Waals surface area contributed by atoms with Crippen molar-refractivity contribution in [3.63, 3.8) is 0 Å². The Balaban J connectivity index is 2.82. The van der Waals surface area contributed by atoms with Gasteiger partial charge in [0.2, 0.25) is 0 Å². The molecule has 0 spiro atoms. The summed E-state index contributed by atoms with van der Waals surface area (Å²) in [7, 11) is 2.10. The molecule has 0 fully saturated rings. The molecule has 21 heavy (non-hydrogen) atoms. The van der Waals surface area contributed by atoms with Gasteiger partial charge in [-0.05, 0) is 70.4 Å². The lowest BCUT2D eigenvalue weighted by atomic mass is 10.0. The number of rotatable bonds is 8. The predicted octanol–water partition coefficient (Wildman–Crippen LogP) is 4.17. The van der Waals surface area contributed by atoms with Gasteiger partial charge in [0.25, 0.3) is 0 Å². The van der Waals surface area contributed by atoms with Crippen molar-refractivity contribution >= 4 is 23.5 Å². The zero-order chi connectivity index (χ0) is 15.8. The molecule has 0 aliphatic rings. The molecule has 1 aromatic rings. The van der Waals surface area contributed by atoms with Gasteiger partial charge in [-0.15, -0.1) is 0 Å². The van der Waals surface area contributed by atoms with Crippen molar-refractivity contribution in [2.24, 2.45) is 5.73 Å². The molecule has 3 nitrogen and oxygen atoms in total. The van der Waals surface area contributed by atoms with E-state index in [1.165, 1.54) is 5.56 Å². The SMILES string of the molecule is C/C=C(\NC(C)C)SN(C)C(CCN)c1ccc(Cl)cc1. The normalized spacial score (nSPS) is 13.8. The Bertz CT molecular complexity index is 445. The lowest BCUT2D eigenvalue weighted by Crippen LogP contribution is -2.26. The molecule has 5 heteroatoms. The highest BCUT2D eigenvalue weighted by Crippen LogP contribution is 2.31. The third-order valence-corrected chi connectivity index (χ3v) is 4.41. The highest BCUT2D eigenvalue weighted by Gasteiger charge is 2.18. The second-order valence-electron chi connectivity index (χ2n) is 5.23. The largest absolute Gasteiger partial charge is 0.377 e. The number of hydrogen-bond donors (Lipinski definition) is 2. The summed E-state index contributed by atoms with van der Waals surface area (Å²) in [6.45, 7) is 6.98. The van der Waals surface area contributed by atoms with E-state index >= 15 is 0 Å². The number of nitrogens with two attached hydrogens (primary N) is 1. The lowest BCUT2D eigenvalue weighted by Gasteiger charge is -2.28. The summed E-state index contributed by atoms with van der Waals surface area (Å²) in [4.78, 5) is 0. The van der Waals surface area contributed by atoms with Crippen LogP contribution in [0.2, 0.25) is 5.02 Å². The number of nitrogens with one attached hydrogen (secondary N) is 1. The van der Waals surface area contributed by atoms with Gasteiger partial charge in [0.05, 0.1) is 5.03 Å². The summed E-state index contributed by atoms with van der Waals surface area (Å²) in [5, 5.41) is 5.36. The van der Waals surface area contributed by atoms with Crippen molar-refractivity contribution in [2.75, 3.05) is 13.6 Å². The zero-order valence-corrected chi connectivity index (χ0v) is 14.8. The quantitative estimate of drug-likeness (QED) is 0.703. The molecule has 3 N–H and O–H groups in total. The maximum Gasteiger partial charge on any atom is 0.0795 e. The summed E-state index contributed by atoms with van der Waals surface area (Å²) in [5.41, 5.74) is 7.02. The summed E-state index contributed by atoms with van der Waals surface area (Å²) >= 11 is 7.69. The molecule has 0 saturated heterocycles. The van der Waals surface area contributed by atoms with Crippen molar-refractivity contribution in [3.05, 3.63) is 46.0 Å². The Morgan fingerprint density at radius 3 is 2.48 bits per heavy atom. The fourth-order valence-corrected chi connectivity index (χ4v) is 3.25. The molecule has 0 aromatic heterocycles. The molecule has 1 rings (SSSR count). The second kappa shape index (κ2) is 9.36. The van der Waals surface area contributed by atoms with Crippen LogP contribution < -0.4 is 11.1 Å². The Morgan fingerprint density at radius 1 is 1.38 bits per heavy atom. The molecule has 0 aliphatic heterocycles. The minimum atomic E-state index is 0.265. The van der Waals surface area contributed by atoms with Gasteiger partial charge in [-0.2, -0.15) is 0 Å². The second-order valence-corrected chi connectivity index (χ2v) is 6.87. The molecule has 0 radical (unpaired) electrons. The number of nitrogens with zero attached hydrogens (tertiary/aromatic N) is 1. The topological polar surface area (TPSA) is 41.3 Å². The van der Waals surface area contributed by atoms with Gasteiger partial charge in [0.1, 0.15) is 0 Å². The van der Waals surface area contributed by atoms with Crippen molar-refractivity contribution in [3.8, 4) is 0 Å². The Hall–Kier alpha value is -0.680. The smallest absolute Gasteiger partial charge is 0.0795 e. The van der Waals surface area contributed by atoms with E-state index in [-0.39, 0.29) is 6.04 Å². The Kier molecular flexibility index (Phi) is 8.19. The molecular weight excluding hydrogens is 302 g/mol. The molecule has 118 valence electrons. The van der Waals surface area contributed by atoms with E-state index < -0.39 is 0 Å². The number of hydrogen-bond acceptors (Lipinski definition) is 4. The summed E-state index contributed by atoms with van der Waals surface area (Å²) in [6, 6.07) is 8.70. The number of allylic oxidation sites excluding steroid dienone is 1. The number of benzene rings is 1. The van der Waals surface area contributed by atoms with Crippen LogP contribution >= 0.6 is 23.5 Å². The minimum Gasteiger partial charge on any atom is -0.377 e. The molecule has 1 aromatic carbocycles. The maximum absolute atomic E-state index is 5.97. The van der Waals surface area contributed by atoms with E-state index in [1.54, 1.807) is 11.9 Å². The van der Waals surface area contributed by atoms with Gasteiger partial charge in [-0.1, -0.05) is 29.8 Å². The van der Waals surface area contributed by atoms with E-state index in [4.69, 9.17) is 17.3 Å². The van der Waals surface area contributed by atoms with Crippen LogP contribution in [-0.2, 0) is 0 Å². The predicted molar refractivity (Wildman–Crippen MR) is 95.2 cm³/mol. The van der Waals surface area contributed by atoms with Crippen LogP contribution in [0.5, 0.6) is 0 Å². The van der Waals surface area contributed by atoms with Crippen molar-refractivity contribution in [1.82, 2.24) is 9.62 Å². The monoisotopic (exact) mass is 327 g/mol. The van der Waals surface area contributed by atoms with Gasteiger partial charge in [0.15, 0.2) is 0 Å². The van der Waals surface area contributed by atoms with Crippen LogP contribution in [0.3, 0.4) is 0 Å². The molecule has 0 amide bonds. The maximum atomic E-state index is 5.97. The van der Waals surface area contributed by atoms with Crippen LogP contribution in [0, 0.1) is 0 Å². The van der Waals surface area contributed by atoms with Gasteiger partial charge in [-0.25, -0.2) is 4.31 Å².